The van der Waals surface area contributed by atoms with Crippen molar-refractivity contribution in [3.05, 3.63) is 0 Å². The van der Waals surface area contributed by atoms with Gasteiger partial charge in [0.15, 0.2) is 0 Å². The van der Waals surface area contributed by atoms with Gasteiger partial charge in [0.1, 0.15) is 5.78 Å². The molecule has 1 atom stereocenters. The highest BCUT2D eigenvalue weighted by atomic mass is 16.4. The van der Waals surface area contributed by atoms with Gasteiger partial charge in [-0.1, -0.05) is 20.8 Å². The fourth-order valence-corrected chi connectivity index (χ4v) is 1.45. The standard InChI is InChI=1S/C11H20O3/c1-6-11(5,9(13)14)7-10(3,4)8(2)12/h6-7H2,1-5H3,(H,13,14). The highest BCUT2D eigenvalue weighted by Crippen LogP contribution is 2.37. The summed E-state index contributed by atoms with van der Waals surface area (Å²) >= 11 is 0. The molecule has 0 aromatic heterocycles. The van der Waals surface area contributed by atoms with Crippen LogP contribution in [-0.2, 0) is 9.59 Å². The second kappa shape index (κ2) is 4.11. The van der Waals surface area contributed by atoms with Crippen LogP contribution in [-0.4, -0.2) is 16.9 Å². The molecule has 0 aliphatic rings. The van der Waals surface area contributed by atoms with Crippen molar-refractivity contribution < 1.29 is 14.7 Å². The van der Waals surface area contributed by atoms with Gasteiger partial charge in [-0.05, 0) is 26.7 Å². The first-order valence-electron chi connectivity index (χ1n) is 4.90. The molecule has 0 amide bonds. The van der Waals surface area contributed by atoms with Crippen molar-refractivity contribution in [1.82, 2.24) is 0 Å². The maximum Gasteiger partial charge on any atom is 0.309 e. The van der Waals surface area contributed by atoms with Crippen molar-refractivity contribution in [3.63, 3.8) is 0 Å². The van der Waals surface area contributed by atoms with Crippen LogP contribution < -0.4 is 0 Å². The number of rotatable bonds is 5. The van der Waals surface area contributed by atoms with E-state index < -0.39 is 16.8 Å². The zero-order valence-electron chi connectivity index (χ0n) is 9.68. The Bertz CT molecular complexity index is 243. The van der Waals surface area contributed by atoms with E-state index in [2.05, 4.69) is 0 Å². The molecule has 0 aromatic carbocycles. The van der Waals surface area contributed by atoms with E-state index in [1.54, 1.807) is 20.8 Å². The summed E-state index contributed by atoms with van der Waals surface area (Å²) in [5.74, 6) is -0.784. The van der Waals surface area contributed by atoms with Gasteiger partial charge in [0.2, 0.25) is 0 Å². The summed E-state index contributed by atoms with van der Waals surface area (Å²) in [6, 6.07) is 0. The lowest BCUT2D eigenvalue weighted by Crippen LogP contribution is -2.35. The van der Waals surface area contributed by atoms with E-state index >= 15 is 0 Å². The summed E-state index contributed by atoms with van der Waals surface area (Å²) in [7, 11) is 0. The number of carbonyl (C=O) groups is 2. The number of ketones is 1. The third kappa shape index (κ3) is 2.82. The number of hydrogen-bond donors (Lipinski definition) is 1. The monoisotopic (exact) mass is 200 g/mol. The average Bonchev–Trinajstić information content (AvgIpc) is 2.02. The average molecular weight is 200 g/mol. The summed E-state index contributed by atoms with van der Waals surface area (Å²) in [4.78, 5) is 22.3. The molecule has 0 saturated heterocycles. The lowest BCUT2D eigenvalue weighted by molar-refractivity contribution is -0.150. The minimum atomic E-state index is -0.825. The molecule has 0 saturated carbocycles. The van der Waals surface area contributed by atoms with Crippen molar-refractivity contribution in [2.24, 2.45) is 10.8 Å². The molecule has 0 aliphatic heterocycles. The van der Waals surface area contributed by atoms with Gasteiger partial charge in [0.25, 0.3) is 0 Å². The number of aliphatic carboxylic acids is 1. The molecule has 0 fully saturated rings. The van der Waals surface area contributed by atoms with Gasteiger partial charge in [-0.25, -0.2) is 0 Å². The molecule has 3 heteroatoms. The molecule has 0 heterocycles. The molecule has 3 nitrogen and oxygen atoms in total. The van der Waals surface area contributed by atoms with E-state index in [0.29, 0.717) is 12.8 Å². The zero-order valence-corrected chi connectivity index (χ0v) is 9.68. The van der Waals surface area contributed by atoms with Gasteiger partial charge in [0.05, 0.1) is 5.41 Å². The number of Topliss-reactive ketones (excluding diaryl/α,β-unsaturated/α-hetero) is 1. The van der Waals surface area contributed by atoms with Gasteiger partial charge < -0.3 is 5.11 Å². The minimum absolute atomic E-state index is 0.0402. The minimum Gasteiger partial charge on any atom is -0.481 e. The van der Waals surface area contributed by atoms with E-state index in [4.69, 9.17) is 5.11 Å². The topological polar surface area (TPSA) is 54.4 Å². The first-order valence-corrected chi connectivity index (χ1v) is 4.90. The van der Waals surface area contributed by atoms with Crippen LogP contribution in [0.4, 0.5) is 0 Å². The van der Waals surface area contributed by atoms with Crippen LogP contribution in [0, 0.1) is 10.8 Å². The molecular formula is C11H20O3. The molecular weight excluding hydrogens is 180 g/mol. The smallest absolute Gasteiger partial charge is 0.309 e. The normalized spacial score (nSPS) is 16.1. The first kappa shape index (κ1) is 13.1. The predicted molar refractivity (Wildman–Crippen MR) is 55.1 cm³/mol. The highest BCUT2D eigenvalue weighted by molar-refractivity contribution is 5.83. The summed E-state index contributed by atoms with van der Waals surface area (Å²) in [5.41, 5.74) is -1.35. The maximum absolute atomic E-state index is 11.3. The predicted octanol–water partition coefficient (Wildman–Crippen LogP) is 2.49. The Morgan fingerprint density at radius 1 is 1.21 bits per heavy atom. The Labute approximate surface area is 85.5 Å². The van der Waals surface area contributed by atoms with Gasteiger partial charge in [-0.2, -0.15) is 0 Å². The molecule has 0 radical (unpaired) electrons. The van der Waals surface area contributed by atoms with Crippen molar-refractivity contribution in [3.8, 4) is 0 Å². The van der Waals surface area contributed by atoms with E-state index in [9.17, 15) is 9.59 Å². The van der Waals surface area contributed by atoms with Crippen LogP contribution in [0.25, 0.3) is 0 Å². The summed E-state index contributed by atoms with van der Waals surface area (Å²) < 4.78 is 0. The Kier molecular flexibility index (Phi) is 3.86. The van der Waals surface area contributed by atoms with Gasteiger partial charge in [-0.3, -0.25) is 9.59 Å². The first-order chi connectivity index (χ1) is 6.15. The summed E-state index contributed by atoms with van der Waals surface area (Å²) in [6.45, 7) is 8.64. The van der Waals surface area contributed by atoms with E-state index in [-0.39, 0.29) is 5.78 Å². The second-order valence-electron chi connectivity index (χ2n) is 4.84. The van der Waals surface area contributed by atoms with Crippen molar-refractivity contribution >= 4 is 11.8 Å². The van der Waals surface area contributed by atoms with Crippen LogP contribution in [0.3, 0.4) is 0 Å². The molecule has 14 heavy (non-hydrogen) atoms. The number of carboxylic acids is 1. The summed E-state index contributed by atoms with van der Waals surface area (Å²) in [5, 5.41) is 9.07. The van der Waals surface area contributed by atoms with Crippen molar-refractivity contribution in [1.29, 1.82) is 0 Å². The van der Waals surface area contributed by atoms with Crippen LogP contribution in [0.5, 0.6) is 0 Å². The van der Waals surface area contributed by atoms with E-state index in [0.717, 1.165) is 0 Å². The molecule has 0 spiro atoms. The molecule has 0 rings (SSSR count). The number of hydrogen-bond acceptors (Lipinski definition) is 2. The Morgan fingerprint density at radius 2 is 1.64 bits per heavy atom. The maximum atomic E-state index is 11.3. The lowest BCUT2D eigenvalue weighted by atomic mass is 9.71. The van der Waals surface area contributed by atoms with Crippen LogP contribution in [0.15, 0.2) is 0 Å². The van der Waals surface area contributed by atoms with E-state index in [1.807, 2.05) is 6.92 Å². The third-order valence-corrected chi connectivity index (χ3v) is 3.08. The fourth-order valence-electron chi connectivity index (χ4n) is 1.45. The Hall–Kier alpha value is -0.860. The zero-order chi connectivity index (χ0) is 11.6. The molecule has 82 valence electrons. The van der Waals surface area contributed by atoms with E-state index in [1.165, 1.54) is 6.92 Å². The molecule has 0 bridgehead atoms. The largest absolute Gasteiger partial charge is 0.481 e. The Balaban J connectivity index is 4.79. The third-order valence-electron chi connectivity index (χ3n) is 3.08. The van der Waals surface area contributed by atoms with Gasteiger partial charge >= 0.3 is 5.97 Å². The number of carboxylic acid groups (broad SMARTS) is 1. The second-order valence-corrected chi connectivity index (χ2v) is 4.84. The summed E-state index contributed by atoms with van der Waals surface area (Å²) in [6.07, 6.45) is 0.931. The molecule has 1 N–H and O–H groups in total. The Morgan fingerprint density at radius 3 is 1.86 bits per heavy atom. The fraction of sp³-hybridized carbons (Fsp3) is 0.818. The SMILES string of the molecule is CCC(C)(CC(C)(C)C(C)=O)C(=O)O. The van der Waals surface area contributed by atoms with Crippen LogP contribution in [0.1, 0.15) is 47.5 Å². The molecule has 0 aliphatic carbocycles. The molecule has 0 aromatic rings. The van der Waals surface area contributed by atoms with Crippen molar-refractivity contribution in [2.45, 2.75) is 47.5 Å². The van der Waals surface area contributed by atoms with Gasteiger partial charge in [-0.15, -0.1) is 0 Å². The molecule has 1 unspecified atom stereocenters. The number of carbonyl (C=O) groups excluding carboxylic acids is 1. The quantitative estimate of drug-likeness (QED) is 0.741. The highest BCUT2D eigenvalue weighted by Gasteiger charge is 2.39. The van der Waals surface area contributed by atoms with Crippen LogP contribution >= 0.6 is 0 Å². The van der Waals surface area contributed by atoms with Crippen LogP contribution in [0.2, 0.25) is 0 Å². The van der Waals surface area contributed by atoms with Gasteiger partial charge in [0, 0.05) is 5.41 Å². The van der Waals surface area contributed by atoms with Crippen molar-refractivity contribution in [2.75, 3.05) is 0 Å². The lowest BCUT2D eigenvalue weighted by Gasteiger charge is -2.32.